The highest BCUT2D eigenvalue weighted by molar-refractivity contribution is 5.42. The Morgan fingerprint density at radius 1 is 1.38 bits per heavy atom. The molecule has 1 saturated carbocycles. The van der Waals surface area contributed by atoms with Gasteiger partial charge >= 0.3 is 0 Å². The van der Waals surface area contributed by atoms with Crippen LogP contribution < -0.4 is 5.73 Å². The number of nitrogen functional groups attached to an aromatic ring is 1. The second-order valence-corrected chi connectivity index (χ2v) is 4.04. The molecule has 5 heteroatoms. The number of nitrogens with zero attached hydrogens (tertiary/aromatic N) is 3. The number of hydrogen-bond acceptors (Lipinski definition) is 3. The number of imidazole rings is 1. The number of aromatic nitrogens is 3. The van der Waals surface area contributed by atoms with E-state index in [0.29, 0.717) is 17.4 Å². The highest BCUT2D eigenvalue weighted by Gasteiger charge is 2.26. The molecule has 16 heavy (non-hydrogen) atoms. The molecule has 0 bridgehead atoms. The fourth-order valence-corrected chi connectivity index (χ4v) is 1.70. The van der Waals surface area contributed by atoms with Gasteiger partial charge in [0.05, 0.1) is 23.9 Å². The standard InChI is InChI=1S/C11H11FN4/c12-8-4-14-11(13)3-10(8)16-5-9(15-6-16)7-1-2-7/h3-7H,1-2H2,(H2,13,14). The van der Waals surface area contributed by atoms with Crippen LogP contribution in [0.15, 0.2) is 24.8 Å². The van der Waals surface area contributed by atoms with Gasteiger partial charge in [-0.1, -0.05) is 0 Å². The van der Waals surface area contributed by atoms with Crippen molar-refractivity contribution in [1.82, 2.24) is 14.5 Å². The number of pyridine rings is 1. The van der Waals surface area contributed by atoms with Gasteiger partial charge in [0.2, 0.25) is 0 Å². The van der Waals surface area contributed by atoms with E-state index in [0.717, 1.165) is 11.9 Å². The van der Waals surface area contributed by atoms with Crippen LogP contribution in [-0.2, 0) is 0 Å². The molecule has 0 radical (unpaired) electrons. The summed E-state index contributed by atoms with van der Waals surface area (Å²) in [6.45, 7) is 0. The van der Waals surface area contributed by atoms with Crippen molar-refractivity contribution in [2.45, 2.75) is 18.8 Å². The third kappa shape index (κ3) is 1.54. The van der Waals surface area contributed by atoms with Crippen LogP contribution in [0.5, 0.6) is 0 Å². The number of nitrogens with two attached hydrogens (primary N) is 1. The molecule has 3 rings (SSSR count). The molecule has 2 N–H and O–H groups in total. The van der Waals surface area contributed by atoms with Gasteiger partial charge in [0.25, 0.3) is 0 Å². The van der Waals surface area contributed by atoms with E-state index in [-0.39, 0.29) is 0 Å². The van der Waals surface area contributed by atoms with E-state index in [2.05, 4.69) is 9.97 Å². The van der Waals surface area contributed by atoms with E-state index < -0.39 is 5.82 Å². The molecule has 4 nitrogen and oxygen atoms in total. The second-order valence-electron chi connectivity index (χ2n) is 4.04. The molecule has 0 unspecified atom stereocenters. The number of anilines is 1. The molecular formula is C11H11FN4. The summed E-state index contributed by atoms with van der Waals surface area (Å²) < 4.78 is 15.2. The molecule has 2 aromatic rings. The summed E-state index contributed by atoms with van der Waals surface area (Å²) in [6, 6.07) is 1.51. The molecule has 1 aliphatic rings. The number of rotatable bonds is 2. The minimum absolute atomic E-state index is 0.304. The fourth-order valence-electron chi connectivity index (χ4n) is 1.70. The van der Waals surface area contributed by atoms with Gasteiger partial charge in [-0.3, -0.25) is 0 Å². The first-order valence-corrected chi connectivity index (χ1v) is 5.19. The average Bonchev–Trinajstić information content (AvgIpc) is 3.01. The summed E-state index contributed by atoms with van der Waals surface area (Å²) >= 11 is 0. The normalized spacial score (nSPS) is 15.3. The molecule has 0 atom stereocenters. The first-order valence-electron chi connectivity index (χ1n) is 5.19. The summed E-state index contributed by atoms with van der Waals surface area (Å²) in [5.74, 6) is 0.468. The van der Waals surface area contributed by atoms with Crippen molar-refractivity contribution >= 4 is 5.82 Å². The van der Waals surface area contributed by atoms with Gasteiger partial charge in [-0.15, -0.1) is 0 Å². The van der Waals surface area contributed by atoms with Gasteiger partial charge in [0.15, 0.2) is 5.82 Å². The minimum atomic E-state index is -0.394. The van der Waals surface area contributed by atoms with Gasteiger partial charge in [-0.25, -0.2) is 14.4 Å². The van der Waals surface area contributed by atoms with Gasteiger partial charge < -0.3 is 10.3 Å². The molecule has 0 spiro atoms. The van der Waals surface area contributed by atoms with Crippen molar-refractivity contribution in [3.05, 3.63) is 36.3 Å². The lowest BCUT2D eigenvalue weighted by Crippen LogP contribution is -1.99. The Balaban J connectivity index is 2.03. The van der Waals surface area contributed by atoms with Crippen LogP contribution in [0.25, 0.3) is 5.69 Å². The molecule has 0 aromatic carbocycles. The maximum Gasteiger partial charge on any atom is 0.165 e. The third-order valence-electron chi connectivity index (χ3n) is 2.73. The van der Waals surface area contributed by atoms with Crippen molar-refractivity contribution in [2.75, 3.05) is 5.73 Å². The van der Waals surface area contributed by atoms with Crippen molar-refractivity contribution in [3.63, 3.8) is 0 Å². The zero-order valence-electron chi connectivity index (χ0n) is 8.60. The lowest BCUT2D eigenvalue weighted by molar-refractivity contribution is 0.612. The highest BCUT2D eigenvalue weighted by atomic mass is 19.1. The number of halogens is 1. The van der Waals surface area contributed by atoms with E-state index in [1.54, 1.807) is 10.9 Å². The van der Waals surface area contributed by atoms with Gasteiger partial charge in [-0.2, -0.15) is 0 Å². The van der Waals surface area contributed by atoms with Gasteiger partial charge in [0, 0.05) is 18.2 Å². The first kappa shape index (κ1) is 9.33. The fraction of sp³-hybridized carbons (Fsp3) is 0.273. The molecule has 1 aliphatic carbocycles. The molecule has 0 saturated heterocycles. The van der Waals surface area contributed by atoms with Crippen LogP contribution in [0.3, 0.4) is 0 Å². The summed E-state index contributed by atoms with van der Waals surface area (Å²) in [7, 11) is 0. The molecule has 2 aromatic heterocycles. The van der Waals surface area contributed by atoms with E-state index in [1.165, 1.54) is 18.9 Å². The molecule has 1 fully saturated rings. The maximum absolute atomic E-state index is 13.5. The smallest absolute Gasteiger partial charge is 0.165 e. The van der Waals surface area contributed by atoms with Crippen molar-refractivity contribution in [3.8, 4) is 5.69 Å². The largest absolute Gasteiger partial charge is 0.384 e. The summed E-state index contributed by atoms with van der Waals surface area (Å²) in [5.41, 5.74) is 6.95. The highest BCUT2D eigenvalue weighted by Crippen LogP contribution is 2.39. The maximum atomic E-state index is 13.5. The molecule has 2 heterocycles. The zero-order chi connectivity index (χ0) is 11.1. The lowest BCUT2D eigenvalue weighted by Gasteiger charge is -2.03. The minimum Gasteiger partial charge on any atom is -0.384 e. The first-order chi connectivity index (χ1) is 7.74. The van der Waals surface area contributed by atoms with E-state index in [4.69, 9.17) is 5.73 Å². The van der Waals surface area contributed by atoms with Gasteiger partial charge in [0.1, 0.15) is 5.82 Å². The third-order valence-corrected chi connectivity index (χ3v) is 2.73. The van der Waals surface area contributed by atoms with Crippen LogP contribution in [0, 0.1) is 5.82 Å². The van der Waals surface area contributed by atoms with Crippen molar-refractivity contribution in [2.24, 2.45) is 0 Å². The van der Waals surface area contributed by atoms with Crippen molar-refractivity contribution in [1.29, 1.82) is 0 Å². The SMILES string of the molecule is Nc1cc(-n2cnc(C3CC3)c2)c(F)cn1. The van der Waals surface area contributed by atoms with Crippen LogP contribution >= 0.6 is 0 Å². The Bertz CT molecular complexity index is 531. The zero-order valence-corrected chi connectivity index (χ0v) is 8.60. The van der Waals surface area contributed by atoms with Crippen LogP contribution in [0.2, 0.25) is 0 Å². The summed E-state index contributed by atoms with van der Waals surface area (Å²) in [5, 5.41) is 0. The van der Waals surface area contributed by atoms with E-state index in [9.17, 15) is 4.39 Å². The Morgan fingerprint density at radius 3 is 2.94 bits per heavy atom. The summed E-state index contributed by atoms with van der Waals surface area (Å²) in [4.78, 5) is 7.95. The second kappa shape index (κ2) is 3.30. The van der Waals surface area contributed by atoms with Crippen LogP contribution in [0.1, 0.15) is 24.5 Å². The predicted molar refractivity (Wildman–Crippen MR) is 57.7 cm³/mol. The van der Waals surface area contributed by atoms with Gasteiger partial charge in [-0.05, 0) is 12.8 Å². The lowest BCUT2D eigenvalue weighted by atomic mass is 10.3. The van der Waals surface area contributed by atoms with Crippen LogP contribution in [-0.4, -0.2) is 14.5 Å². The average molecular weight is 218 g/mol. The Hall–Kier alpha value is -1.91. The molecule has 0 aliphatic heterocycles. The van der Waals surface area contributed by atoms with E-state index in [1.807, 2.05) is 6.20 Å². The molecular weight excluding hydrogens is 207 g/mol. The summed E-state index contributed by atoms with van der Waals surface area (Å²) in [6.07, 6.45) is 6.96. The predicted octanol–water partition coefficient (Wildman–Crippen LogP) is 1.87. The van der Waals surface area contributed by atoms with Crippen LogP contribution in [0.4, 0.5) is 10.2 Å². The molecule has 82 valence electrons. The topological polar surface area (TPSA) is 56.7 Å². The quantitative estimate of drug-likeness (QED) is 0.837. The Labute approximate surface area is 91.9 Å². The monoisotopic (exact) mass is 218 g/mol. The Morgan fingerprint density at radius 2 is 2.19 bits per heavy atom. The number of hydrogen-bond donors (Lipinski definition) is 1. The molecule has 0 amide bonds. The van der Waals surface area contributed by atoms with Crippen molar-refractivity contribution < 1.29 is 4.39 Å². The van der Waals surface area contributed by atoms with E-state index >= 15 is 0 Å². The Kier molecular flexibility index (Phi) is 1.92.